The van der Waals surface area contributed by atoms with Gasteiger partial charge in [0.05, 0.1) is 28.2 Å². The number of anilines is 1. The highest BCUT2D eigenvalue weighted by Crippen LogP contribution is 2.28. The number of ether oxygens (including phenoxy) is 2. The van der Waals surface area contributed by atoms with Gasteiger partial charge in [-0.05, 0) is 38.1 Å². The van der Waals surface area contributed by atoms with Crippen LogP contribution in [0.5, 0.6) is 5.75 Å². The van der Waals surface area contributed by atoms with Gasteiger partial charge >= 0.3 is 17.1 Å². The predicted molar refractivity (Wildman–Crippen MR) is 128 cm³/mol. The third-order valence-corrected chi connectivity index (χ3v) is 6.83. The molecule has 12 heteroatoms. The molecule has 0 saturated carbocycles. The number of carbonyl (C=O) groups is 2. The predicted octanol–water partition coefficient (Wildman–Crippen LogP) is 0.900. The molecular weight excluding hydrogens is 478 g/mol. The highest BCUT2D eigenvalue weighted by molar-refractivity contribution is 7.92. The van der Waals surface area contributed by atoms with Crippen molar-refractivity contribution in [1.29, 1.82) is 0 Å². The number of esters is 1. The van der Waals surface area contributed by atoms with Gasteiger partial charge in [0.25, 0.3) is 5.91 Å². The number of nitrogens with one attached hydrogen (secondary N) is 1. The number of amides is 1. The van der Waals surface area contributed by atoms with Crippen molar-refractivity contribution >= 4 is 38.4 Å². The van der Waals surface area contributed by atoms with Gasteiger partial charge in [0.1, 0.15) is 5.75 Å². The topological polar surface area (TPSA) is 143 Å². The molecule has 0 atom stereocenters. The van der Waals surface area contributed by atoms with Crippen LogP contribution in [0.15, 0.2) is 50.9 Å². The van der Waals surface area contributed by atoms with E-state index in [4.69, 9.17) is 9.47 Å². The van der Waals surface area contributed by atoms with E-state index >= 15 is 0 Å². The fraction of sp³-hybridized carbons (Fsp3) is 0.304. The summed E-state index contributed by atoms with van der Waals surface area (Å²) in [6.45, 7) is 3.00. The zero-order valence-electron chi connectivity index (χ0n) is 19.7. The summed E-state index contributed by atoms with van der Waals surface area (Å²) in [5, 5.41) is 2.48. The number of hydrogen-bond donors (Lipinski definition) is 1. The number of hydrogen-bond acceptors (Lipinski definition) is 8. The first-order chi connectivity index (χ1) is 16.4. The number of aryl methyl sites for hydroxylation is 3. The minimum atomic E-state index is -4.31. The Morgan fingerprint density at radius 3 is 2.11 bits per heavy atom. The Balaban J connectivity index is 2.06. The summed E-state index contributed by atoms with van der Waals surface area (Å²) in [6.07, 6.45) is 0. The highest BCUT2D eigenvalue weighted by Gasteiger charge is 2.26. The minimum Gasteiger partial charge on any atom is -0.484 e. The maximum absolute atomic E-state index is 13.1. The van der Waals surface area contributed by atoms with Gasteiger partial charge in [-0.1, -0.05) is 17.7 Å². The largest absolute Gasteiger partial charge is 0.484 e. The second kappa shape index (κ2) is 10.1. The molecule has 1 N–H and O–H groups in total. The molecule has 3 rings (SSSR count). The smallest absolute Gasteiger partial charge is 0.321 e. The summed E-state index contributed by atoms with van der Waals surface area (Å²) in [6, 6.07) is 9.39. The van der Waals surface area contributed by atoms with Crippen molar-refractivity contribution in [3.8, 4) is 5.75 Å². The third-order valence-electron chi connectivity index (χ3n) is 5.20. The Hall–Kier alpha value is -3.93. The van der Waals surface area contributed by atoms with Crippen LogP contribution in [0.1, 0.15) is 12.5 Å². The van der Waals surface area contributed by atoms with Crippen LogP contribution in [-0.4, -0.2) is 48.4 Å². The van der Waals surface area contributed by atoms with Crippen LogP contribution < -0.4 is 21.2 Å². The van der Waals surface area contributed by atoms with Crippen LogP contribution in [0.3, 0.4) is 0 Å². The van der Waals surface area contributed by atoms with E-state index in [0.717, 1.165) is 20.8 Å². The lowest BCUT2D eigenvalue weighted by molar-refractivity contribution is -0.140. The molecule has 1 heterocycles. The van der Waals surface area contributed by atoms with E-state index in [0.29, 0.717) is 5.75 Å². The van der Waals surface area contributed by atoms with Crippen LogP contribution in [0.25, 0.3) is 11.0 Å². The van der Waals surface area contributed by atoms with Crippen molar-refractivity contribution in [2.75, 3.05) is 24.3 Å². The maximum atomic E-state index is 13.1. The number of carbonyl (C=O) groups excluding carboxylic acids is 2. The van der Waals surface area contributed by atoms with Crippen LogP contribution in [0, 0.1) is 6.92 Å². The van der Waals surface area contributed by atoms with E-state index in [1.54, 1.807) is 24.3 Å². The van der Waals surface area contributed by atoms with Crippen molar-refractivity contribution < 1.29 is 27.5 Å². The van der Waals surface area contributed by atoms with Gasteiger partial charge in [-0.15, -0.1) is 0 Å². The fourth-order valence-corrected chi connectivity index (χ4v) is 4.65. The summed E-state index contributed by atoms with van der Waals surface area (Å²) in [5.74, 6) is -2.18. The van der Waals surface area contributed by atoms with Crippen molar-refractivity contribution in [2.24, 2.45) is 14.1 Å². The Labute approximate surface area is 200 Å². The van der Waals surface area contributed by atoms with E-state index in [2.05, 4.69) is 5.32 Å². The Bertz CT molecular complexity index is 1520. The van der Waals surface area contributed by atoms with Gasteiger partial charge in [-0.2, -0.15) is 0 Å². The SMILES string of the molecule is CCOC(=O)CS(=O)(=O)c1cc2c(cc1NC(=O)COc1ccc(C)cc1)n(C)c(=O)c(=O)n2C. The second-order valence-corrected chi connectivity index (χ2v) is 9.74. The molecule has 0 unspecified atom stereocenters. The van der Waals surface area contributed by atoms with Crippen LogP contribution in [0.4, 0.5) is 5.69 Å². The molecule has 0 aliphatic carbocycles. The molecule has 0 aliphatic heterocycles. The Morgan fingerprint density at radius 2 is 1.54 bits per heavy atom. The minimum absolute atomic E-state index is 0.0113. The second-order valence-electron chi connectivity index (χ2n) is 7.78. The Morgan fingerprint density at radius 1 is 0.971 bits per heavy atom. The van der Waals surface area contributed by atoms with Gasteiger partial charge in [-0.25, -0.2) is 8.42 Å². The van der Waals surface area contributed by atoms with Crippen molar-refractivity contribution in [2.45, 2.75) is 18.7 Å². The molecule has 0 spiro atoms. The van der Waals surface area contributed by atoms with Crippen LogP contribution >= 0.6 is 0 Å². The summed E-state index contributed by atoms with van der Waals surface area (Å²) in [4.78, 5) is 48.6. The van der Waals surface area contributed by atoms with E-state index in [-0.39, 0.29) is 23.3 Å². The van der Waals surface area contributed by atoms with Gasteiger partial charge in [0.2, 0.25) is 0 Å². The molecule has 0 bridgehead atoms. The van der Waals surface area contributed by atoms with Crippen molar-refractivity contribution in [3.63, 3.8) is 0 Å². The lowest BCUT2D eigenvalue weighted by atomic mass is 10.2. The number of fused-ring (bicyclic) bond motifs is 1. The number of nitrogens with zero attached hydrogens (tertiary/aromatic N) is 2. The quantitative estimate of drug-likeness (QED) is 0.353. The lowest BCUT2D eigenvalue weighted by Gasteiger charge is -2.16. The zero-order valence-corrected chi connectivity index (χ0v) is 20.5. The van der Waals surface area contributed by atoms with Gasteiger partial charge in [-0.3, -0.25) is 19.2 Å². The molecule has 0 fully saturated rings. The normalized spacial score (nSPS) is 11.3. The summed E-state index contributed by atoms with van der Waals surface area (Å²) in [7, 11) is -1.63. The summed E-state index contributed by atoms with van der Waals surface area (Å²) in [5.41, 5.74) is -0.545. The van der Waals surface area contributed by atoms with Gasteiger partial charge in [0, 0.05) is 14.1 Å². The van der Waals surface area contributed by atoms with Crippen molar-refractivity contribution in [1.82, 2.24) is 9.13 Å². The van der Waals surface area contributed by atoms with Gasteiger partial charge < -0.3 is 23.9 Å². The summed E-state index contributed by atoms with van der Waals surface area (Å²) >= 11 is 0. The molecule has 2 aromatic carbocycles. The molecular formula is C23H25N3O8S. The number of rotatable bonds is 8. The molecule has 186 valence electrons. The molecule has 3 aromatic rings. The van der Waals surface area contributed by atoms with Crippen molar-refractivity contribution in [3.05, 3.63) is 62.7 Å². The van der Waals surface area contributed by atoms with Gasteiger partial charge in [0.15, 0.2) is 22.2 Å². The first-order valence-electron chi connectivity index (χ1n) is 10.6. The number of benzene rings is 2. The summed E-state index contributed by atoms with van der Waals surface area (Å²) < 4.78 is 38.4. The molecule has 0 aliphatic rings. The zero-order chi connectivity index (χ0) is 25.9. The average Bonchev–Trinajstić information content (AvgIpc) is 2.80. The first kappa shape index (κ1) is 25.7. The monoisotopic (exact) mass is 503 g/mol. The van der Waals surface area contributed by atoms with Crippen LogP contribution in [-0.2, 0) is 38.3 Å². The molecule has 11 nitrogen and oxygen atoms in total. The van der Waals surface area contributed by atoms with E-state index in [9.17, 15) is 27.6 Å². The standard InChI is InChI=1S/C23H25N3O8S/c1-5-33-21(28)13-35(31,32)19-11-18-17(25(3)22(29)23(30)26(18)4)10-16(19)24-20(27)12-34-15-8-6-14(2)7-9-15/h6-11H,5,12-13H2,1-4H3,(H,24,27). The maximum Gasteiger partial charge on any atom is 0.321 e. The lowest BCUT2D eigenvalue weighted by Crippen LogP contribution is -2.39. The number of aromatic nitrogens is 2. The molecule has 0 radical (unpaired) electrons. The third kappa shape index (κ3) is 5.60. The number of sulfone groups is 1. The van der Waals surface area contributed by atoms with E-state index in [1.165, 1.54) is 27.1 Å². The first-order valence-corrected chi connectivity index (χ1v) is 12.2. The molecule has 1 aromatic heterocycles. The molecule has 0 saturated heterocycles. The van der Waals surface area contributed by atoms with E-state index in [1.807, 2.05) is 6.92 Å². The van der Waals surface area contributed by atoms with Crippen LogP contribution in [0.2, 0.25) is 0 Å². The fourth-order valence-electron chi connectivity index (χ4n) is 3.36. The molecule has 1 amide bonds. The highest BCUT2D eigenvalue weighted by atomic mass is 32.2. The average molecular weight is 504 g/mol. The Kier molecular flexibility index (Phi) is 7.44. The molecule has 35 heavy (non-hydrogen) atoms. The van der Waals surface area contributed by atoms with E-state index < -0.39 is 50.1 Å².